The van der Waals surface area contributed by atoms with Crippen LogP contribution in [0, 0.1) is 11.3 Å². The van der Waals surface area contributed by atoms with Gasteiger partial charge in [-0.1, -0.05) is 0 Å². The fourth-order valence-electron chi connectivity index (χ4n) is 1.56. The van der Waals surface area contributed by atoms with Crippen LogP contribution in [0.25, 0.3) is 0 Å². The highest BCUT2D eigenvalue weighted by Gasteiger charge is 2.14. The first-order valence-corrected chi connectivity index (χ1v) is 5.59. The van der Waals surface area contributed by atoms with Crippen molar-refractivity contribution in [2.75, 3.05) is 7.11 Å². The molecule has 0 aliphatic heterocycles. The van der Waals surface area contributed by atoms with Gasteiger partial charge in [0.05, 0.1) is 18.9 Å². The predicted molar refractivity (Wildman–Crippen MR) is 69.0 cm³/mol. The van der Waals surface area contributed by atoms with Gasteiger partial charge in [-0.25, -0.2) is 4.79 Å². The largest absolute Gasteiger partial charge is 0.497 e. The Bertz CT molecular complexity index is 692. The summed E-state index contributed by atoms with van der Waals surface area (Å²) in [7, 11) is 1.48. The van der Waals surface area contributed by atoms with Crippen LogP contribution in [0.3, 0.4) is 0 Å². The number of aromatic carboxylic acids is 1. The molecule has 0 radical (unpaired) electrons. The second-order valence-corrected chi connectivity index (χ2v) is 3.75. The van der Waals surface area contributed by atoms with Gasteiger partial charge in [-0.05, 0) is 18.2 Å². The quantitative estimate of drug-likeness (QED) is 0.917. The van der Waals surface area contributed by atoms with Crippen molar-refractivity contribution in [3.05, 3.63) is 47.8 Å². The average Bonchev–Trinajstić information content (AvgIpc) is 2.47. The van der Waals surface area contributed by atoms with E-state index in [9.17, 15) is 4.79 Å². The van der Waals surface area contributed by atoms with E-state index < -0.39 is 5.97 Å². The number of hydrogen-bond acceptors (Lipinski definition) is 5. The molecule has 0 unspecified atom stereocenters. The lowest BCUT2D eigenvalue weighted by atomic mass is 10.2. The third-order valence-electron chi connectivity index (χ3n) is 2.54. The highest BCUT2D eigenvalue weighted by Crippen LogP contribution is 2.30. The standard InChI is InChI=1S/C14H10N2O4/c1-19-10-3-2-9(7-15)12(6-10)20-13-8-16-5-4-11(13)14(17)18/h2-6,8H,1H3,(H,17,18). The van der Waals surface area contributed by atoms with Gasteiger partial charge in [-0.15, -0.1) is 0 Å². The Morgan fingerprint density at radius 2 is 2.15 bits per heavy atom. The number of hydrogen-bond donors (Lipinski definition) is 1. The molecule has 0 fully saturated rings. The minimum Gasteiger partial charge on any atom is -0.497 e. The zero-order valence-electron chi connectivity index (χ0n) is 10.5. The van der Waals surface area contributed by atoms with E-state index in [0.717, 1.165) is 0 Å². The van der Waals surface area contributed by atoms with E-state index in [1.807, 2.05) is 6.07 Å². The molecule has 0 saturated heterocycles. The van der Waals surface area contributed by atoms with Crippen LogP contribution in [0.1, 0.15) is 15.9 Å². The van der Waals surface area contributed by atoms with Crippen LogP contribution in [0.5, 0.6) is 17.2 Å². The maximum absolute atomic E-state index is 11.1. The smallest absolute Gasteiger partial charge is 0.339 e. The summed E-state index contributed by atoms with van der Waals surface area (Å²) in [5, 5.41) is 18.1. The molecule has 0 saturated carbocycles. The molecular weight excluding hydrogens is 260 g/mol. The lowest BCUT2D eigenvalue weighted by Crippen LogP contribution is -2.01. The number of pyridine rings is 1. The number of nitriles is 1. The normalized spacial score (nSPS) is 9.60. The summed E-state index contributed by atoms with van der Waals surface area (Å²) >= 11 is 0. The molecule has 100 valence electrons. The second-order valence-electron chi connectivity index (χ2n) is 3.75. The predicted octanol–water partition coefficient (Wildman–Crippen LogP) is 2.45. The van der Waals surface area contributed by atoms with Gasteiger partial charge in [-0.2, -0.15) is 5.26 Å². The lowest BCUT2D eigenvalue weighted by Gasteiger charge is -2.10. The summed E-state index contributed by atoms with van der Waals surface area (Å²) in [5.74, 6) is -0.365. The molecule has 0 atom stereocenters. The van der Waals surface area contributed by atoms with Crippen LogP contribution in [-0.2, 0) is 0 Å². The number of ether oxygens (including phenoxy) is 2. The van der Waals surface area contributed by atoms with Crippen molar-refractivity contribution < 1.29 is 19.4 Å². The van der Waals surface area contributed by atoms with Gasteiger partial charge in [0.1, 0.15) is 23.1 Å². The molecule has 6 heteroatoms. The monoisotopic (exact) mass is 270 g/mol. The van der Waals surface area contributed by atoms with Crippen LogP contribution in [-0.4, -0.2) is 23.2 Å². The zero-order valence-corrected chi connectivity index (χ0v) is 10.5. The lowest BCUT2D eigenvalue weighted by molar-refractivity contribution is 0.0694. The van der Waals surface area contributed by atoms with E-state index in [4.69, 9.17) is 19.8 Å². The van der Waals surface area contributed by atoms with E-state index in [1.54, 1.807) is 6.07 Å². The maximum Gasteiger partial charge on any atom is 0.339 e. The first-order chi connectivity index (χ1) is 9.65. The van der Waals surface area contributed by atoms with E-state index >= 15 is 0 Å². The van der Waals surface area contributed by atoms with Crippen molar-refractivity contribution in [2.45, 2.75) is 0 Å². The Labute approximate surface area is 114 Å². The van der Waals surface area contributed by atoms with Crippen molar-refractivity contribution in [1.82, 2.24) is 4.98 Å². The Morgan fingerprint density at radius 3 is 2.80 bits per heavy atom. The minimum atomic E-state index is -1.14. The number of benzene rings is 1. The molecule has 1 aromatic carbocycles. The van der Waals surface area contributed by atoms with Gasteiger partial charge < -0.3 is 14.6 Å². The number of carboxylic acids is 1. The van der Waals surface area contributed by atoms with E-state index in [2.05, 4.69) is 4.98 Å². The molecule has 0 spiro atoms. The molecule has 1 heterocycles. The summed E-state index contributed by atoms with van der Waals surface area (Å²) in [6.07, 6.45) is 2.64. The molecule has 6 nitrogen and oxygen atoms in total. The van der Waals surface area contributed by atoms with Gasteiger partial charge in [0.15, 0.2) is 5.75 Å². The molecule has 0 aliphatic carbocycles. The van der Waals surface area contributed by atoms with Crippen molar-refractivity contribution in [3.8, 4) is 23.3 Å². The Balaban J connectivity index is 2.44. The number of methoxy groups -OCH3 is 1. The molecule has 1 N–H and O–H groups in total. The highest BCUT2D eigenvalue weighted by atomic mass is 16.5. The fourth-order valence-corrected chi connectivity index (χ4v) is 1.56. The summed E-state index contributed by atoms with van der Waals surface area (Å²) in [4.78, 5) is 14.9. The Morgan fingerprint density at radius 1 is 1.35 bits per heavy atom. The zero-order chi connectivity index (χ0) is 14.5. The van der Waals surface area contributed by atoms with Gasteiger partial charge in [0.2, 0.25) is 0 Å². The van der Waals surface area contributed by atoms with Crippen molar-refractivity contribution in [3.63, 3.8) is 0 Å². The average molecular weight is 270 g/mol. The van der Waals surface area contributed by atoms with E-state index in [0.29, 0.717) is 5.75 Å². The highest BCUT2D eigenvalue weighted by molar-refractivity contribution is 5.90. The summed E-state index contributed by atoms with van der Waals surface area (Å²) in [6.45, 7) is 0. The maximum atomic E-state index is 11.1. The molecule has 0 aliphatic rings. The van der Waals surface area contributed by atoms with Crippen LogP contribution in [0.4, 0.5) is 0 Å². The number of carboxylic acid groups (broad SMARTS) is 1. The van der Waals surface area contributed by atoms with Crippen LogP contribution < -0.4 is 9.47 Å². The van der Waals surface area contributed by atoms with Crippen LogP contribution in [0.15, 0.2) is 36.7 Å². The third kappa shape index (κ3) is 2.67. The molecule has 2 aromatic rings. The molecule has 1 aromatic heterocycles. The third-order valence-corrected chi connectivity index (χ3v) is 2.54. The van der Waals surface area contributed by atoms with Crippen molar-refractivity contribution in [1.29, 1.82) is 5.26 Å². The molecular formula is C14H10N2O4. The van der Waals surface area contributed by atoms with Gasteiger partial charge in [-0.3, -0.25) is 4.98 Å². The second kappa shape index (κ2) is 5.71. The van der Waals surface area contributed by atoms with Crippen molar-refractivity contribution >= 4 is 5.97 Å². The number of carbonyl (C=O) groups is 1. The topological polar surface area (TPSA) is 92.4 Å². The molecule has 0 amide bonds. The summed E-state index contributed by atoms with van der Waals surface area (Å²) in [5.41, 5.74) is 0.234. The molecule has 0 bridgehead atoms. The van der Waals surface area contributed by atoms with Gasteiger partial charge in [0, 0.05) is 12.3 Å². The van der Waals surface area contributed by atoms with E-state index in [-0.39, 0.29) is 22.6 Å². The summed E-state index contributed by atoms with van der Waals surface area (Å²) in [6, 6.07) is 7.95. The Kier molecular flexibility index (Phi) is 3.82. The number of aromatic nitrogens is 1. The fraction of sp³-hybridized carbons (Fsp3) is 0.0714. The van der Waals surface area contributed by atoms with Crippen molar-refractivity contribution in [2.24, 2.45) is 0 Å². The summed E-state index contributed by atoms with van der Waals surface area (Å²) < 4.78 is 10.5. The molecule has 20 heavy (non-hydrogen) atoms. The SMILES string of the molecule is COc1ccc(C#N)c(Oc2cnccc2C(=O)O)c1. The molecule has 2 rings (SSSR count). The van der Waals surface area contributed by atoms with Gasteiger partial charge >= 0.3 is 5.97 Å². The first kappa shape index (κ1) is 13.4. The number of rotatable bonds is 4. The first-order valence-electron chi connectivity index (χ1n) is 5.59. The Hall–Kier alpha value is -3.07. The minimum absolute atomic E-state index is 0.0355. The van der Waals surface area contributed by atoms with E-state index in [1.165, 1.54) is 37.7 Å². The van der Waals surface area contributed by atoms with Crippen LogP contribution in [0.2, 0.25) is 0 Å². The van der Waals surface area contributed by atoms with Crippen LogP contribution >= 0.6 is 0 Å². The number of nitrogens with zero attached hydrogens (tertiary/aromatic N) is 2. The van der Waals surface area contributed by atoms with Gasteiger partial charge in [0.25, 0.3) is 0 Å².